The molecule has 0 heterocycles. The molecule has 0 aliphatic heterocycles. The van der Waals surface area contributed by atoms with E-state index >= 15 is 0 Å². The lowest BCUT2D eigenvalue weighted by Gasteiger charge is -2.47. The minimum Gasteiger partial charge on any atom is -0.303 e. The molecule has 3 saturated carbocycles. The van der Waals surface area contributed by atoms with Crippen molar-refractivity contribution in [1.29, 1.82) is 0 Å². The van der Waals surface area contributed by atoms with Crippen molar-refractivity contribution < 1.29 is 0 Å². The van der Waals surface area contributed by atoms with Gasteiger partial charge in [-0.25, -0.2) is 0 Å². The van der Waals surface area contributed by atoms with E-state index in [-0.39, 0.29) is 0 Å². The SMILES string of the molecule is C#CCNC1CC2C3CCC(C3)C12. The largest absolute Gasteiger partial charge is 0.303 e. The summed E-state index contributed by atoms with van der Waals surface area (Å²) in [4.78, 5) is 0. The predicted molar refractivity (Wildman–Crippen MR) is 53.1 cm³/mol. The number of rotatable bonds is 2. The Hall–Kier alpha value is -0.480. The van der Waals surface area contributed by atoms with Crippen LogP contribution in [0.25, 0.3) is 0 Å². The first-order chi connectivity index (χ1) is 6.40. The average Bonchev–Trinajstić information content (AvgIpc) is 2.60. The molecule has 3 fully saturated rings. The van der Waals surface area contributed by atoms with Crippen molar-refractivity contribution in [1.82, 2.24) is 5.32 Å². The van der Waals surface area contributed by atoms with Crippen molar-refractivity contribution in [3.63, 3.8) is 0 Å². The molecule has 0 aromatic rings. The van der Waals surface area contributed by atoms with Gasteiger partial charge in [0.05, 0.1) is 6.54 Å². The smallest absolute Gasteiger partial charge is 0.0576 e. The van der Waals surface area contributed by atoms with Crippen LogP contribution in [-0.4, -0.2) is 12.6 Å². The fourth-order valence-electron chi connectivity index (χ4n) is 4.10. The fourth-order valence-corrected chi connectivity index (χ4v) is 4.10. The van der Waals surface area contributed by atoms with E-state index in [0.29, 0.717) is 0 Å². The Morgan fingerprint density at radius 3 is 2.85 bits per heavy atom. The second-order valence-electron chi connectivity index (χ2n) is 5.00. The highest BCUT2D eigenvalue weighted by Gasteiger charge is 2.56. The van der Waals surface area contributed by atoms with Gasteiger partial charge in [-0.1, -0.05) is 5.92 Å². The molecule has 5 unspecified atom stereocenters. The van der Waals surface area contributed by atoms with E-state index in [1.165, 1.54) is 25.7 Å². The van der Waals surface area contributed by atoms with Gasteiger partial charge in [0, 0.05) is 6.04 Å². The summed E-state index contributed by atoms with van der Waals surface area (Å²) >= 11 is 0. The average molecular weight is 175 g/mol. The van der Waals surface area contributed by atoms with Crippen molar-refractivity contribution in [2.45, 2.75) is 31.7 Å². The first kappa shape index (κ1) is 7.88. The molecule has 3 aliphatic carbocycles. The number of hydrogen-bond acceptors (Lipinski definition) is 1. The normalized spacial score (nSPS) is 51.2. The summed E-state index contributed by atoms with van der Waals surface area (Å²) in [6.07, 6.45) is 11.2. The van der Waals surface area contributed by atoms with Gasteiger partial charge in [0.15, 0.2) is 0 Å². The minimum absolute atomic E-state index is 0.769. The van der Waals surface area contributed by atoms with Gasteiger partial charge in [0.25, 0.3) is 0 Å². The molecular formula is C12H17N. The second kappa shape index (κ2) is 2.75. The van der Waals surface area contributed by atoms with Crippen molar-refractivity contribution in [3.8, 4) is 12.3 Å². The molecule has 0 radical (unpaired) electrons. The lowest BCUT2D eigenvalue weighted by Crippen LogP contribution is -2.52. The Kier molecular flexibility index (Phi) is 1.67. The molecule has 2 bridgehead atoms. The van der Waals surface area contributed by atoms with Crippen LogP contribution >= 0.6 is 0 Å². The van der Waals surface area contributed by atoms with Crippen LogP contribution in [0.4, 0.5) is 0 Å². The van der Waals surface area contributed by atoms with E-state index in [4.69, 9.17) is 6.42 Å². The minimum atomic E-state index is 0.769. The first-order valence-electron chi connectivity index (χ1n) is 5.57. The molecule has 0 aromatic heterocycles. The van der Waals surface area contributed by atoms with E-state index in [1.54, 1.807) is 0 Å². The van der Waals surface area contributed by atoms with Crippen LogP contribution in [0.3, 0.4) is 0 Å². The predicted octanol–water partition coefficient (Wildman–Crippen LogP) is 1.64. The molecule has 1 heteroatoms. The second-order valence-corrected chi connectivity index (χ2v) is 5.00. The summed E-state index contributed by atoms with van der Waals surface area (Å²) in [5.41, 5.74) is 0. The Labute approximate surface area is 80.3 Å². The quantitative estimate of drug-likeness (QED) is 0.629. The summed E-state index contributed by atoms with van der Waals surface area (Å²) in [6.45, 7) is 0.769. The van der Waals surface area contributed by atoms with Gasteiger partial charge in [-0.15, -0.1) is 6.42 Å². The number of nitrogens with one attached hydrogen (secondary N) is 1. The van der Waals surface area contributed by atoms with Crippen LogP contribution < -0.4 is 5.32 Å². The summed E-state index contributed by atoms with van der Waals surface area (Å²) in [5.74, 6) is 6.91. The van der Waals surface area contributed by atoms with E-state index in [2.05, 4.69) is 11.2 Å². The molecular weight excluding hydrogens is 158 g/mol. The zero-order chi connectivity index (χ0) is 8.84. The van der Waals surface area contributed by atoms with Crippen LogP contribution in [0, 0.1) is 36.0 Å². The Morgan fingerprint density at radius 2 is 2.08 bits per heavy atom. The Balaban J connectivity index is 1.63. The van der Waals surface area contributed by atoms with Crippen molar-refractivity contribution in [2.75, 3.05) is 6.54 Å². The van der Waals surface area contributed by atoms with Crippen LogP contribution in [-0.2, 0) is 0 Å². The van der Waals surface area contributed by atoms with E-state index in [9.17, 15) is 0 Å². The summed E-state index contributed by atoms with van der Waals surface area (Å²) < 4.78 is 0. The van der Waals surface area contributed by atoms with Crippen LogP contribution in [0.1, 0.15) is 25.7 Å². The highest BCUT2D eigenvalue weighted by Crippen LogP contribution is 2.60. The van der Waals surface area contributed by atoms with Gasteiger partial charge >= 0.3 is 0 Å². The van der Waals surface area contributed by atoms with Crippen LogP contribution in [0.2, 0.25) is 0 Å². The number of fused-ring (bicyclic) bond motifs is 5. The highest BCUT2D eigenvalue weighted by molar-refractivity contribution is 5.09. The molecule has 0 saturated heterocycles. The topological polar surface area (TPSA) is 12.0 Å². The third-order valence-electron chi connectivity index (χ3n) is 4.61. The van der Waals surface area contributed by atoms with Gasteiger partial charge in [0.2, 0.25) is 0 Å². The first-order valence-corrected chi connectivity index (χ1v) is 5.57. The zero-order valence-electron chi connectivity index (χ0n) is 8.00. The molecule has 3 rings (SSSR count). The third-order valence-corrected chi connectivity index (χ3v) is 4.61. The molecule has 13 heavy (non-hydrogen) atoms. The maximum Gasteiger partial charge on any atom is 0.0576 e. The van der Waals surface area contributed by atoms with E-state index in [0.717, 1.165) is 36.3 Å². The number of terminal acetylenes is 1. The van der Waals surface area contributed by atoms with Gasteiger partial charge in [-0.05, 0) is 49.4 Å². The zero-order valence-corrected chi connectivity index (χ0v) is 8.00. The summed E-state index contributed by atoms with van der Waals surface area (Å²) in [5, 5.41) is 3.49. The molecule has 0 spiro atoms. The van der Waals surface area contributed by atoms with Crippen molar-refractivity contribution >= 4 is 0 Å². The third kappa shape index (κ3) is 0.987. The molecule has 70 valence electrons. The lowest BCUT2D eigenvalue weighted by molar-refractivity contribution is 0.0523. The Morgan fingerprint density at radius 1 is 1.23 bits per heavy atom. The molecule has 0 amide bonds. The van der Waals surface area contributed by atoms with Crippen molar-refractivity contribution in [2.24, 2.45) is 23.7 Å². The van der Waals surface area contributed by atoms with Crippen LogP contribution in [0.5, 0.6) is 0 Å². The van der Waals surface area contributed by atoms with Gasteiger partial charge < -0.3 is 5.32 Å². The van der Waals surface area contributed by atoms with Crippen molar-refractivity contribution in [3.05, 3.63) is 0 Å². The summed E-state index contributed by atoms with van der Waals surface area (Å²) in [7, 11) is 0. The summed E-state index contributed by atoms with van der Waals surface area (Å²) in [6, 6.07) is 0.774. The van der Waals surface area contributed by atoms with Gasteiger partial charge in [0.1, 0.15) is 0 Å². The molecule has 1 nitrogen and oxygen atoms in total. The van der Waals surface area contributed by atoms with E-state index in [1.807, 2.05) is 0 Å². The molecule has 0 aromatic carbocycles. The lowest BCUT2D eigenvalue weighted by atomic mass is 9.62. The standard InChI is InChI=1S/C12H17N/c1-2-5-13-11-7-10-8-3-4-9(6-8)12(10)11/h1,8-13H,3-7H2. The fraction of sp³-hybridized carbons (Fsp3) is 0.833. The van der Waals surface area contributed by atoms with Gasteiger partial charge in [-0.3, -0.25) is 0 Å². The Bertz CT molecular complexity index is 250. The maximum absolute atomic E-state index is 5.26. The highest BCUT2D eigenvalue weighted by atomic mass is 15.0. The number of hydrogen-bond donors (Lipinski definition) is 1. The van der Waals surface area contributed by atoms with Crippen LogP contribution in [0.15, 0.2) is 0 Å². The van der Waals surface area contributed by atoms with Gasteiger partial charge in [-0.2, -0.15) is 0 Å². The molecule has 3 aliphatic rings. The van der Waals surface area contributed by atoms with E-state index < -0.39 is 0 Å². The maximum atomic E-state index is 5.26. The monoisotopic (exact) mass is 175 g/mol. The molecule has 1 N–H and O–H groups in total. The molecule has 5 atom stereocenters.